The third kappa shape index (κ3) is 2.34. The lowest BCUT2D eigenvalue weighted by atomic mass is 10.2. The molecule has 6 heteroatoms. The molecule has 0 saturated carbocycles. The Balaban J connectivity index is 2.30. The summed E-state index contributed by atoms with van der Waals surface area (Å²) in [7, 11) is 0. The van der Waals surface area contributed by atoms with E-state index in [1.807, 2.05) is 0 Å². The van der Waals surface area contributed by atoms with Crippen LogP contribution in [-0.2, 0) is 4.79 Å². The van der Waals surface area contributed by atoms with Crippen molar-refractivity contribution < 1.29 is 4.79 Å². The van der Waals surface area contributed by atoms with Crippen LogP contribution in [-0.4, -0.2) is 22.8 Å². The fourth-order valence-electron chi connectivity index (χ4n) is 1.72. The second-order valence-electron chi connectivity index (χ2n) is 3.69. The van der Waals surface area contributed by atoms with E-state index in [9.17, 15) is 4.79 Å². The number of carbonyl (C=O) groups excluding carboxylic acids is 1. The normalized spacial score (nSPS) is 20.6. The summed E-state index contributed by atoms with van der Waals surface area (Å²) >= 11 is 15.2. The van der Waals surface area contributed by atoms with Gasteiger partial charge in [-0.05, 0) is 12.0 Å². The van der Waals surface area contributed by atoms with Crippen LogP contribution in [0.15, 0.2) is 12.3 Å². The predicted molar refractivity (Wildman–Crippen MR) is 68.5 cm³/mol. The molecule has 0 aliphatic carbocycles. The maximum Gasteiger partial charge on any atom is 0.227 e. The van der Waals surface area contributed by atoms with Crippen LogP contribution in [0.3, 0.4) is 0 Å². The van der Waals surface area contributed by atoms with Crippen molar-refractivity contribution in [3.05, 3.63) is 22.4 Å². The van der Waals surface area contributed by atoms with E-state index in [0.29, 0.717) is 34.7 Å². The summed E-state index contributed by atoms with van der Waals surface area (Å²) in [6, 6.07) is 1.67. The molecule has 0 radical (unpaired) electrons. The van der Waals surface area contributed by atoms with Crippen molar-refractivity contribution in [2.24, 2.45) is 5.92 Å². The number of nitrogens with zero attached hydrogens (tertiary/aromatic N) is 2. The lowest BCUT2D eigenvalue weighted by Crippen LogP contribution is -2.25. The zero-order valence-electron chi connectivity index (χ0n) is 8.29. The number of aromatic nitrogens is 1. The zero-order valence-corrected chi connectivity index (χ0v) is 11.4. The maximum absolute atomic E-state index is 11.8. The van der Waals surface area contributed by atoms with Gasteiger partial charge in [-0.1, -0.05) is 39.1 Å². The van der Waals surface area contributed by atoms with Gasteiger partial charge in [-0.25, -0.2) is 4.98 Å². The van der Waals surface area contributed by atoms with Gasteiger partial charge < -0.3 is 4.90 Å². The highest BCUT2D eigenvalue weighted by atomic mass is 79.9. The number of rotatable bonds is 2. The highest BCUT2D eigenvalue weighted by molar-refractivity contribution is 9.09. The smallest absolute Gasteiger partial charge is 0.227 e. The Morgan fingerprint density at radius 3 is 2.94 bits per heavy atom. The van der Waals surface area contributed by atoms with Crippen molar-refractivity contribution in [2.45, 2.75) is 6.42 Å². The summed E-state index contributed by atoms with van der Waals surface area (Å²) in [5.74, 6) is 0.387. The standard InChI is InChI=1S/C10H9BrCl2N2O/c11-3-6-1-9(16)15(5-6)8-2-7(12)4-14-10(8)13/h2,4,6H,1,3,5H2. The average molecular weight is 324 g/mol. The van der Waals surface area contributed by atoms with Crippen LogP contribution in [0.5, 0.6) is 0 Å². The highest BCUT2D eigenvalue weighted by Gasteiger charge is 2.31. The van der Waals surface area contributed by atoms with E-state index < -0.39 is 0 Å². The molecule has 0 N–H and O–H groups in total. The van der Waals surface area contributed by atoms with Crippen LogP contribution in [0.1, 0.15) is 6.42 Å². The molecule has 2 rings (SSSR count). The number of amides is 1. The summed E-state index contributed by atoms with van der Waals surface area (Å²) < 4.78 is 0. The Hall–Kier alpha value is -0.320. The topological polar surface area (TPSA) is 33.2 Å². The molecule has 0 spiro atoms. The first-order valence-electron chi connectivity index (χ1n) is 4.79. The Labute approximate surface area is 112 Å². The SMILES string of the molecule is O=C1CC(CBr)CN1c1cc(Cl)cnc1Cl. The number of hydrogen-bond acceptors (Lipinski definition) is 2. The Bertz CT molecular complexity index is 427. The predicted octanol–water partition coefficient (Wildman–Crippen LogP) is 3.14. The molecule has 16 heavy (non-hydrogen) atoms. The van der Waals surface area contributed by atoms with E-state index in [2.05, 4.69) is 20.9 Å². The first kappa shape index (κ1) is 12.1. The fourth-order valence-corrected chi connectivity index (χ4v) is 2.51. The van der Waals surface area contributed by atoms with Crippen LogP contribution < -0.4 is 4.90 Å². The van der Waals surface area contributed by atoms with E-state index in [1.54, 1.807) is 11.0 Å². The molecule has 1 unspecified atom stereocenters. The van der Waals surface area contributed by atoms with Gasteiger partial charge in [0.15, 0.2) is 5.15 Å². The summed E-state index contributed by atoms with van der Waals surface area (Å²) in [5, 5.41) is 1.60. The molecule has 1 amide bonds. The summed E-state index contributed by atoms with van der Waals surface area (Å²) in [6.07, 6.45) is 2.00. The van der Waals surface area contributed by atoms with Crippen LogP contribution >= 0.6 is 39.1 Å². The van der Waals surface area contributed by atoms with Crippen molar-refractivity contribution >= 4 is 50.7 Å². The van der Waals surface area contributed by atoms with Crippen molar-refractivity contribution in [3.8, 4) is 0 Å². The van der Waals surface area contributed by atoms with Crippen LogP contribution in [0.25, 0.3) is 0 Å². The summed E-state index contributed by atoms with van der Waals surface area (Å²) in [6.45, 7) is 0.659. The van der Waals surface area contributed by atoms with Gasteiger partial charge in [0.05, 0.1) is 10.7 Å². The number of alkyl halides is 1. The largest absolute Gasteiger partial charge is 0.309 e. The van der Waals surface area contributed by atoms with Crippen molar-refractivity contribution in [3.63, 3.8) is 0 Å². The van der Waals surface area contributed by atoms with Gasteiger partial charge in [-0.3, -0.25) is 4.79 Å². The van der Waals surface area contributed by atoms with E-state index in [0.717, 1.165) is 5.33 Å². The molecular weight excluding hydrogens is 315 g/mol. The third-order valence-corrected chi connectivity index (χ3v) is 3.91. The molecule has 0 aromatic carbocycles. The van der Waals surface area contributed by atoms with Gasteiger partial charge in [0.25, 0.3) is 0 Å². The van der Waals surface area contributed by atoms with Crippen LogP contribution in [0.2, 0.25) is 10.2 Å². The number of hydrogen-bond donors (Lipinski definition) is 0. The Morgan fingerprint density at radius 2 is 2.31 bits per heavy atom. The second-order valence-corrected chi connectivity index (χ2v) is 5.13. The Kier molecular flexibility index (Phi) is 3.72. The lowest BCUT2D eigenvalue weighted by molar-refractivity contribution is -0.117. The van der Waals surface area contributed by atoms with E-state index in [1.165, 1.54) is 6.20 Å². The molecule has 1 fully saturated rings. The molecular formula is C10H9BrCl2N2O. The summed E-state index contributed by atoms with van der Waals surface area (Å²) in [4.78, 5) is 17.4. The molecule has 1 aromatic heterocycles. The number of carbonyl (C=O) groups is 1. The number of pyridine rings is 1. The van der Waals surface area contributed by atoms with Gasteiger partial charge in [0.2, 0.25) is 5.91 Å². The van der Waals surface area contributed by atoms with Gasteiger partial charge in [-0.15, -0.1) is 0 Å². The molecule has 1 aliphatic heterocycles. The fraction of sp³-hybridized carbons (Fsp3) is 0.400. The molecule has 1 aromatic rings. The van der Waals surface area contributed by atoms with Crippen molar-refractivity contribution in [2.75, 3.05) is 16.8 Å². The third-order valence-electron chi connectivity index (χ3n) is 2.50. The van der Waals surface area contributed by atoms with Gasteiger partial charge in [0.1, 0.15) is 0 Å². The minimum Gasteiger partial charge on any atom is -0.309 e. The van der Waals surface area contributed by atoms with Gasteiger partial charge >= 0.3 is 0 Å². The highest BCUT2D eigenvalue weighted by Crippen LogP contribution is 2.32. The molecule has 1 saturated heterocycles. The second kappa shape index (κ2) is 4.90. The minimum absolute atomic E-state index is 0.0652. The minimum atomic E-state index is 0.0652. The van der Waals surface area contributed by atoms with Crippen LogP contribution in [0.4, 0.5) is 5.69 Å². The molecule has 3 nitrogen and oxygen atoms in total. The molecule has 0 bridgehead atoms. The van der Waals surface area contributed by atoms with Gasteiger partial charge in [-0.2, -0.15) is 0 Å². The van der Waals surface area contributed by atoms with Crippen molar-refractivity contribution in [1.82, 2.24) is 4.98 Å². The first-order chi connectivity index (χ1) is 7.61. The Morgan fingerprint density at radius 1 is 1.56 bits per heavy atom. The lowest BCUT2D eigenvalue weighted by Gasteiger charge is -2.17. The number of halogens is 3. The quantitative estimate of drug-likeness (QED) is 0.619. The monoisotopic (exact) mass is 322 g/mol. The summed E-state index contributed by atoms with van der Waals surface area (Å²) in [5.41, 5.74) is 0.600. The zero-order chi connectivity index (χ0) is 11.7. The van der Waals surface area contributed by atoms with E-state index in [-0.39, 0.29) is 5.91 Å². The first-order valence-corrected chi connectivity index (χ1v) is 6.67. The van der Waals surface area contributed by atoms with E-state index in [4.69, 9.17) is 23.2 Å². The molecule has 2 heterocycles. The van der Waals surface area contributed by atoms with Gasteiger partial charge in [0, 0.05) is 24.5 Å². The average Bonchev–Trinajstić information content (AvgIpc) is 2.63. The molecule has 86 valence electrons. The van der Waals surface area contributed by atoms with E-state index >= 15 is 0 Å². The molecule has 1 aliphatic rings. The molecule has 1 atom stereocenters. The van der Waals surface area contributed by atoms with Crippen molar-refractivity contribution in [1.29, 1.82) is 0 Å². The maximum atomic E-state index is 11.8. The van der Waals surface area contributed by atoms with Crippen LogP contribution in [0, 0.1) is 5.92 Å². The number of anilines is 1.